The first-order valence-electron chi connectivity index (χ1n) is 9.43. The van der Waals surface area contributed by atoms with Crippen molar-refractivity contribution in [2.24, 2.45) is 34.5 Å². The summed E-state index contributed by atoms with van der Waals surface area (Å²) in [5.74, 6) is 2.98. The Hall–Kier alpha value is -1.18. The average Bonchev–Trinajstić information content (AvgIpc) is 2.88. The highest BCUT2D eigenvalue weighted by molar-refractivity contribution is 5.43. The van der Waals surface area contributed by atoms with Gasteiger partial charge in [-0.05, 0) is 67.3 Å². The number of aliphatic hydroxyl groups excluding tert-OH is 2. The van der Waals surface area contributed by atoms with Gasteiger partial charge in [-0.3, -0.25) is 0 Å². The van der Waals surface area contributed by atoms with E-state index in [0.29, 0.717) is 23.7 Å². The van der Waals surface area contributed by atoms with Gasteiger partial charge >= 0.3 is 0 Å². The van der Waals surface area contributed by atoms with E-state index in [9.17, 15) is 10.2 Å². The van der Waals surface area contributed by atoms with E-state index in [2.05, 4.69) is 39.0 Å². The van der Waals surface area contributed by atoms with Gasteiger partial charge in [0, 0.05) is 6.42 Å². The molecule has 0 aliphatic heterocycles. The van der Waals surface area contributed by atoms with Crippen molar-refractivity contribution in [1.82, 2.24) is 0 Å². The van der Waals surface area contributed by atoms with Crippen LogP contribution in [0.25, 0.3) is 0 Å². The second kappa shape index (κ2) is 4.91. The van der Waals surface area contributed by atoms with Gasteiger partial charge in [-0.2, -0.15) is 0 Å². The predicted molar refractivity (Wildman–Crippen MR) is 93.1 cm³/mol. The van der Waals surface area contributed by atoms with E-state index in [4.69, 9.17) is 0 Å². The summed E-state index contributed by atoms with van der Waals surface area (Å²) in [4.78, 5) is 0. The lowest BCUT2D eigenvalue weighted by atomic mass is 9.49. The molecule has 4 aliphatic rings. The summed E-state index contributed by atoms with van der Waals surface area (Å²) < 4.78 is 0. The van der Waals surface area contributed by atoms with E-state index in [0.717, 1.165) is 18.3 Å². The van der Waals surface area contributed by atoms with E-state index in [-0.39, 0.29) is 16.9 Å². The van der Waals surface area contributed by atoms with Gasteiger partial charge in [-0.15, -0.1) is 0 Å². The van der Waals surface area contributed by atoms with Crippen LogP contribution in [0.2, 0.25) is 0 Å². The lowest BCUT2D eigenvalue weighted by Gasteiger charge is -2.55. The van der Waals surface area contributed by atoms with E-state index in [1.165, 1.54) is 31.3 Å². The molecule has 0 aromatic heterocycles. The number of rotatable bonds is 1. The van der Waals surface area contributed by atoms with Gasteiger partial charge in [0.2, 0.25) is 0 Å². The van der Waals surface area contributed by atoms with E-state index < -0.39 is 0 Å². The van der Waals surface area contributed by atoms with Gasteiger partial charge in [-0.1, -0.05) is 38.5 Å². The molecule has 0 radical (unpaired) electrons. The van der Waals surface area contributed by atoms with Crippen LogP contribution in [0.4, 0.5) is 0 Å². The third-order valence-corrected chi connectivity index (χ3v) is 8.14. The Morgan fingerprint density at radius 3 is 2.65 bits per heavy atom. The molecule has 4 aliphatic carbocycles. The zero-order valence-corrected chi connectivity index (χ0v) is 14.7. The molecule has 2 fully saturated rings. The molecule has 6 atom stereocenters. The number of allylic oxidation sites excluding steroid dienone is 4. The number of hydrogen-bond donors (Lipinski definition) is 2. The van der Waals surface area contributed by atoms with Crippen LogP contribution < -0.4 is 0 Å². The van der Waals surface area contributed by atoms with Crippen LogP contribution in [0.3, 0.4) is 0 Å². The zero-order chi connectivity index (χ0) is 16.4. The maximum Gasteiger partial charge on any atom is 0.140 e. The molecule has 0 saturated heterocycles. The molecule has 0 bridgehead atoms. The molecule has 2 N–H and O–H groups in total. The second-order valence-electron chi connectivity index (χ2n) is 8.74. The van der Waals surface area contributed by atoms with Crippen molar-refractivity contribution in [3.05, 3.63) is 35.3 Å². The van der Waals surface area contributed by atoms with Crippen molar-refractivity contribution in [3.63, 3.8) is 0 Å². The Morgan fingerprint density at radius 2 is 1.91 bits per heavy atom. The van der Waals surface area contributed by atoms with E-state index in [1.54, 1.807) is 0 Å². The molecule has 2 saturated carbocycles. The van der Waals surface area contributed by atoms with E-state index in [1.807, 2.05) is 0 Å². The fourth-order valence-electron chi connectivity index (χ4n) is 6.71. The minimum absolute atomic E-state index is 0.177. The van der Waals surface area contributed by atoms with Crippen LogP contribution >= 0.6 is 0 Å². The molecular weight excluding hydrogens is 284 g/mol. The van der Waals surface area contributed by atoms with Crippen molar-refractivity contribution in [1.29, 1.82) is 0 Å². The van der Waals surface area contributed by atoms with Gasteiger partial charge < -0.3 is 10.2 Å². The summed E-state index contributed by atoms with van der Waals surface area (Å²) in [6.07, 6.45) is 13.7. The molecule has 4 rings (SSSR count). The first-order chi connectivity index (χ1) is 10.9. The van der Waals surface area contributed by atoms with E-state index >= 15 is 0 Å². The summed E-state index contributed by atoms with van der Waals surface area (Å²) in [6.45, 7) is 7.02. The highest BCUT2D eigenvalue weighted by Crippen LogP contribution is 2.66. The molecule has 0 amide bonds. The topological polar surface area (TPSA) is 40.5 Å². The molecule has 0 spiro atoms. The number of fused-ring (bicyclic) bond motifs is 5. The molecule has 2 heteroatoms. The fourth-order valence-corrected chi connectivity index (χ4v) is 6.71. The maximum atomic E-state index is 10.7. The van der Waals surface area contributed by atoms with Gasteiger partial charge in [0.15, 0.2) is 0 Å². The normalized spacial score (nSPS) is 48.6. The quantitative estimate of drug-likeness (QED) is 0.653. The van der Waals surface area contributed by atoms with Crippen molar-refractivity contribution in [2.75, 3.05) is 0 Å². The third kappa shape index (κ3) is 1.81. The van der Waals surface area contributed by atoms with Crippen LogP contribution in [0.1, 0.15) is 59.3 Å². The first kappa shape index (κ1) is 15.4. The summed E-state index contributed by atoms with van der Waals surface area (Å²) in [6, 6.07) is 0. The molecule has 0 aromatic carbocycles. The fraction of sp³-hybridized carbons (Fsp3) is 0.714. The molecule has 2 nitrogen and oxygen atoms in total. The first-order valence-corrected chi connectivity index (χ1v) is 9.43. The summed E-state index contributed by atoms with van der Waals surface area (Å²) in [5, 5.41) is 20.9. The lowest BCUT2D eigenvalue weighted by Crippen LogP contribution is -2.49. The van der Waals surface area contributed by atoms with Crippen LogP contribution in [-0.4, -0.2) is 10.2 Å². The molecule has 0 heterocycles. The zero-order valence-electron chi connectivity index (χ0n) is 14.7. The molecule has 0 aromatic rings. The largest absolute Gasteiger partial charge is 0.508 e. The number of aliphatic hydroxyl groups is 2. The lowest BCUT2D eigenvalue weighted by molar-refractivity contribution is -0.0143. The smallest absolute Gasteiger partial charge is 0.140 e. The Balaban J connectivity index is 1.76. The Labute approximate surface area is 140 Å². The van der Waals surface area contributed by atoms with Crippen LogP contribution in [-0.2, 0) is 0 Å². The average molecular weight is 314 g/mol. The van der Waals surface area contributed by atoms with Crippen molar-refractivity contribution < 1.29 is 10.2 Å². The SMILES string of the molecule is CC[C@H]1CC[C@H]2[C@@H]3C=CC4=CCC(O)=C(O)[C@]4(C)[C@H]3CC[C@]12C. The molecular formula is C21H30O2. The van der Waals surface area contributed by atoms with Gasteiger partial charge in [0.1, 0.15) is 11.5 Å². The van der Waals surface area contributed by atoms with Gasteiger partial charge in [0.25, 0.3) is 0 Å². The summed E-state index contributed by atoms with van der Waals surface area (Å²) in [7, 11) is 0. The minimum Gasteiger partial charge on any atom is -0.508 e. The molecule has 126 valence electrons. The van der Waals surface area contributed by atoms with Crippen LogP contribution in [0, 0.1) is 34.5 Å². The van der Waals surface area contributed by atoms with Crippen molar-refractivity contribution in [3.8, 4) is 0 Å². The highest BCUT2D eigenvalue weighted by Gasteiger charge is 2.58. The van der Waals surface area contributed by atoms with Crippen LogP contribution in [0.5, 0.6) is 0 Å². The monoisotopic (exact) mass is 314 g/mol. The maximum absolute atomic E-state index is 10.7. The standard InChI is InChI=1S/C21H30O2/c1-4-13-6-9-16-15-8-5-14-7-10-18(22)19(23)21(14,3)17(15)11-12-20(13,16)2/h5,7-8,13,15-17,22-23H,4,6,9-12H2,1-3H3/t13-,15-,16-,17-,20+,21-/m0/s1. The summed E-state index contributed by atoms with van der Waals surface area (Å²) in [5.41, 5.74) is 1.30. The Morgan fingerprint density at radius 1 is 1.13 bits per heavy atom. The molecule has 23 heavy (non-hydrogen) atoms. The number of hydrogen-bond acceptors (Lipinski definition) is 2. The summed E-state index contributed by atoms with van der Waals surface area (Å²) >= 11 is 0. The van der Waals surface area contributed by atoms with Crippen molar-refractivity contribution in [2.45, 2.75) is 59.3 Å². The minimum atomic E-state index is -0.382. The predicted octanol–water partition coefficient (Wildman–Crippen LogP) is 5.69. The third-order valence-electron chi connectivity index (χ3n) is 8.14. The Kier molecular flexibility index (Phi) is 3.28. The highest BCUT2D eigenvalue weighted by atomic mass is 16.3. The molecule has 0 unspecified atom stereocenters. The van der Waals surface area contributed by atoms with Crippen LogP contribution in [0.15, 0.2) is 35.3 Å². The van der Waals surface area contributed by atoms with Gasteiger partial charge in [0.05, 0.1) is 5.41 Å². The second-order valence-corrected chi connectivity index (χ2v) is 8.74. The van der Waals surface area contributed by atoms with Crippen molar-refractivity contribution >= 4 is 0 Å². The van der Waals surface area contributed by atoms with Gasteiger partial charge in [-0.25, -0.2) is 0 Å². The Bertz CT molecular complexity index is 613.